The molecule has 5 nitrogen and oxygen atoms in total. The standard InChI is InChI=1S/C34H31Cl2N3O2S.ClH/c35-25-8-3-21(4-9-25)32(22-5-10-26(36)11-6-22)24-7-13-29-30(19-24)39(33(37-29)23-1-2-23)27-15-17-38(18-16-27)20-28-12-14-31(42-28)34(40)41;/h3-14,19,23,27,32H,1-2,15-18,20H2,(H,40,41);1H. The largest absolute Gasteiger partial charge is 0.477 e. The Hall–Kier alpha value is -2.87. The molecule has 0 unspecified atom stereocenters. The van der Waals surface area contributed by atoms with E-state index < -0.39 is 5.97 Å². The second-order valence-electron chi connectivity index (χ2n) is 11.5. The van der Waals surface area contributed by atoms with E-state index >= 15 is 0 Å². The minimum absolute atomic E-state index is 0. The molecule has 1 N–H and O–H groups in total. The summed E-state index contributed by atoms with van der Waals surface area (Å²) in [4.78, 5) is 20.5. The summed E-state index contributed by atoms with van der Waals surface area (Å²) in [5.74, 6) is 0.973. The maximum absolute atomic E-state index is 11.3. The lowest BCUT2D eigenvalue weighted by Crippen LogP contribution is -2.34. The van der Waals surface area contributed by atoms with Gasteiger partial charge in [-0.3, -0.25) is 4.90 Å². The fourth-order valence-corrected chi connectivity index (χ4v) is 7.48. The first-order valence-electron chi connectivity index (χ1n) is 14.5. The van der Waals surface area contributed by atoms with Crippen LogP contribution in [0.5, 0.6) is 0 Å². The third-order valence-corrected chi connectivity index (χ3v) is 10.2. The lowest BCUT2D eigenvalue weighted by atomic mass is 9.85. The van der Waals surface area contributed by atoms with Gasteiger partial charge in [0.1, 0.15) is 10.7 Å². The summed E-state index contributed by atoms with van der Waals surface area (Å²) in [5.41, 5.74) is 5.86. The molecular formula is C34H32Cl3N3O2S. The molecule has 3 heterocycles. The van der Waals surface area contributed by atoms with Crippen molar-refractivity contribution in [3.63, 3.8) is 0 Å². The van der Waals surface area contributed by atoms with Crippen molar-refractivity contribution < 1.29 is 9.90 Å². The lowest BCUT2D eigenvalue weighted by Gasteiger charge is -2.33. The quantitative estimate of drug-likeness (QED) is 0.170. The third-order valence-electron chi connectivity index (χ3n) is 8.60. The molecule has 222 valence electrons. The predicted octanol–water partition coefficient (Wildman–Crippen LogP) is 9.42. The van der Waals surface area contributed by atoms with Crippen LogP contribution in [0.3, 0.4) is 0 Å². The summed E-state index contributed by atoms with van der Waals surface area (Å²) >= 11 is 13.9. The van der Waals surface area contributed by atoms with Gasteiger partial charge in [0.05, 0.1) is 11.0 Å². The van der Waals surface area contributed by atoms with Gasteiger partial charge in [-0.1, -0.05) is 53.5 Å². The molecule has 2 aliphatic rings. The van der Waals surface area contributed by atoms with Crippen molar-refractivity contribution >= 4 is 63.9 Å². The van der Waals surface area contributed by atoms with Gasteiger partial charge in [-0.15, -0.1) is 23.7 Å². The van der Waals surface area contributed by atoms with E-state index in [0.717, 1.165) is 52.9 Å². The number of piperidine rings is 1. The Morgan fingerprint density at radius 2 is 1.47 bits per heavy atom. The number of hydrogen-bond acceptors (Lipinski definition) is 4. The third kappa shape index (κ3) is 6.36. The van der Waals surface area contributed by atoms with Gasteiger partial charge in [0, 0.05) is 52.4 Å². The van der Waals surface area contributed by atoms with Gasteiger partial charge in [0.2, 0.25) is 0 Å². The Balaban J connectivity index is 0.00000329. The first-order valence-corrected chi connectivity index (χ1v) is 16.1. The van der Waals surface area contributed by atoms with Crippen molar-refractivity contribution in [1.82, 2.24) is 14.5 Å². The number of fused-ring (bicyclic) bond motifs is 1. The van der Waals surface area contributed by atoms with E-state index in [1.165, 1.54) is 52.2 Å². The molecule has 0 amide bonds. The number of nitrogens with zero attached hydrogens (tertiary/aromatic N) is 3. The van der Waals surface area contributed by atoms with E-state index in [1.54, 1.807) is 6.07 Å². The van der Waals surface area contributed by atoms with Gasteiger partial charge in [-0.25, -0.2) is 9.78 Å². The second-order valence-corrected chi connectivity index (χ2v) is 13.5. The van der Waals surface area contributed by atoms with Crippen LogP contribution in [0.15, 0.2) is 78.9 Å². The first-order chi connectivity index (χ1) is 20.4. The van der Waals surface area contributed by atoms with Gasteiger partial charge >= 0.3 is 5.97 Å². The average Bonchev–Trinajstić information content (AvgIpc) is 3.61. The van der Waals surface area contributed by atoms with Crippen LogP contribution in [-0.2, 0) is 6.54 Å². The summed E-state index contributed by atoms with van der Waals surface area (Å²) in [7, 11) is 0. The van der Waals surface area contributed by atoms with Crippen LogP contribution in [0.25, 0.3) is 11.0 Å². The number of carbonyl (C=O) groups is 1. The fourth-order valence-electron chi connectivity index (χ4n) is 6.34. The summed E-state index contributed by atoms with van der Waals surface area (Å²) in [6.07, 6.45) is 4.50. The molecule has 0 radical (unpaired) electrons. The van der Waals surface area contributed by atoms with Gasteiger partial charge in [-0.05, 0) is 90.9 Å². The minimum Gasteiger partial charge on any atom is -0.477 e. The molecule has 1 saturated heterocycles. The number of thiophene rings is 1. The molecule has 0 bridgehead atoms. The molecule has 2 fully saturated rings. The molecule has 0 spiro atoms. The number of aromatic carboxylic acids is 1. The summed E-state index contributed by atoms with van der Waals surface area (Å²) in [6, 6.07) is 27.1. The van der Waals surface area contributed by atoms with E-state index in [0.29, 0.717) is 16.8 Å². The molecule has 43 heavy (non-hydrogen) atoms. The molecule has 1 aliphatic heterocycles. The Morgan fingerprint density at radius 1 is 0.860 bits per heavy atom. The van der Waals surface area contributed by atoms with Crippen LogP contribution < -0.4 is 0 Å². The van der Waals surface area contributed by atoms with Crippen LogP contribution in [0.4, 0.5) is 0 Å². The zero-order valence-electron chi connectivity index (χ0n) is 23.5. The van der Waals surface area contributed by atoms with Crippen LogP contribution in [-0.4, -0.2) is 38.6 Å². The number of likely N-dealkylation sites (tertiary alicyclic amines) is 1. The van der Waals surface area contributed by atoms with Crippen molar-refractivity contribution in [2.75, 3.05) is 13.1 Å². The van der Waals surface area contributed by atoms with Crippen molar-refractivity contribution in [2.45, 2.75) is 50.1 Å². The number of imidazole rings is 1. The number of benzene rings is 3. The molecule has 1 saturated carbocycles. The highest BCUT2D eigenvalue weighted by Gasteiger charge is 2.33. The SMILES string of the molecule is Cl.O=C(O)c1ccc(CN2CCC(n3c(C4CC4)nc4ccc(C(c5ccc(Cl)cc5)c5ccc(Cl)cc5)cc43)CC2)s1. The van der Waals surface area contributed by atoms with E-state index in [9.17, 15) is 9.90 Å². The smallest absolute Gasteiger partial charge is 0.345 e. The monoisotopic (exact) mass is 651 g/mol. The maximum Gasteiger partial charge on any atom is 0.345 e. The van der Waals surface area contributed by atoms with E-state index in [1.807, 2.05) is 30.3 Å². The van der Waals surface area contributed by atoms with Gasteiger partial charge < -0.3 is 9.67 Å². The van der Waals surface area contributed by atoms with Gasteiger partial charge in [-0.2, -0.15) is 0 Å². The van der Waals surface area contributed by atoms with E-state index in [4.69, 9.17) is 28.2 Å². The van der Waals surface area contributed by atoms with Crippen LogP contribution in [0, 0.1) is 0 Å². The zero-order chi connectivity index (χ0) is 28.8. The minimum atomic E-state index is -0.849. The average molecular weight is 653 g/mol. The summed E-state index contributed by atoms with van der Waals surface area (Å²) in [6.45, 7) is 2.76. The number of rotatable bonds is 8. The van der Waals surface area contributed by atoms with Crippen molar-refractivity contribution in [2.24, 2.45) is 0 Å². The highest BCUT2D eigenvalue weighted by Crippen LogP contribution is 2.44. The predicted molar refractivity (Wildman–Crippen MR) is 178 cm³/mol. The van der Waals surface area contributed by atoms with E-state index in [-0.39, 0.29) is 18.3 Å². The highest BCUT2D eigenvalue weighted by molar-refractivity contribution is 7.13. The van der Waals surface area contributed by atoms with E-state index in [2.05, 4.69) is 51.9 Å². The maximum atomic E-state index is 11.3. The van der Waals surface area contributed by atoms with Gasteiger partial charge in [0.25, 0.3) is 0 Å². The fraction of sp³-hybridized carbons (Fsp3) is 0.294. The molecule has 3 aromatic carbocycles. The Morgan fingerprint density at radius 3 is 2.02 bits per heavy atom. The number of hydrogen-bond donors (Lipinski definition) is 1. The molecular weight excluding hydrogens is 621 g/mol. The highest BCUT2D eigenvalue weighted by atomic mass is 35.5. The summed E-state index contributed by atoms with van der Waals surface area (Å²) < 4.78 is 2.56. The van der Waals surface area contributed by atoms with Crippen LogP contribution in [0.1, 0.15) is 80.6 Å². The number of halogens is 3. The van der Waals surface area contributed by atoms with Crippen LogP contribution >= 0.6 is 46.9 Å². The van der Waals surface area contributed by atoms with Gasteiger partial charge in [0.15, 0.2) is 0 Å². The zero-order valence-corrected chi connectivity index (χ0v) is 26.6. The van der Waals surface area contributed by atoms with Crippen molar-refractivity contribution in [3.05, 3.63) is 121 Å². The van der Waals surface area contributed by atoms with Crippen molar-refractivity contribution in [1.29, 1.82) is 0 Å². The summed E-state index contributed by atoms with van der Waals surface area (Å²) in [5, 5.41) is 10.7. The number of carboxylic acids is 1. The lowest BCUT2D eigenvalue weighted by molar-refractivity contribution is 0.0702. The Kier molecular flexibility index (Phi) is 8.86. The Bertz CT molecular complexity index is 1690. The molecule has 9 heteroatoms. The molecule has 1 aliphatic carbocycles. The number of carboxylic acid groups (broad SMARTS) is 1. The molecule has 2 aromatic heterocycles. The normalized spacial score (nSPS) is 16.1. The molecule has 0 atom stereocenters. The number of aromatic nitrogens is 2. The first kappa shape index (κ1) is 30.2. The Labute approximate surface area is 271 Å². The van der Waals surface area contributed by atoms with Crippen LogP contribution in [0.2, 0.25) is 10.0 Å². The molecule has 5 aromatic rings. The second kappa shape index (κ2) is 12.6. The van der Waals surface area contributed by atoms with Crippen molar-refractivity contribution in [3.8, 4) is 0 Å². The topological polar surface area (TPSA) is 58.4 Å². The molecule has 7 rings (SSSR count).